The van der Waals surface area contributed by atoms with Gasteiger partial charge < -0.3 is 4.42 Å². The van der Waals surface area contributed by atoms with E-state index in [1.807, 2.05) is 73.8 Å². The number of anilines is 1. The molecule has 1 aliphatic rings. The number of thioether (sulfide) groups is 1. The van der Waals surface area contributed by atoms with Crippen LogP contribution in [0.5, 0.6) is 0 Å². The Bertz CT molecular complexity index is 1410. The third-order valence-corrected chi connectivity index (χ3v) is 6.63. The lowest BCUT2D eigenvalue weighted by molar-refractivity contribution is -0.764. The maximum absolute atomic E-state index is 13.2. The molecular weight excluding hydrogens is 504 g/mol. The number of fused-ring (bicyclic) bond motifs is 3. The van der Waals surface area contributed by atoms with Gasteiger partial charge in [-0.3, -0.25) is 14.6 Å². The van der Waals surface area contributed by atoms with E-state index in [1.54, 1.807) is 9.58 Å². The third-order valence-electron chi connectivity index (χ3n) is 5.53. The Hall–Kier alpha value is -3.17. The van der Waals surface area contributed by atoms with Crippen LogP contribution in [-0.2, 0) is 4.79 Å². The molecule has 1 N–H and O–H groups in total. The van der Waals surface area contributed by atoms with Gasteiger partial charge in [0, 0.05) is 21.6 Å². The average molecular weight is 524 g/mol. The highest BCUT2D eigenvalue weighted by Gasteiger charge is 2.47. The lowest BCUT2D eigenvalue weighted by Gasteiger charge is -2.30. The van der Waals surface area contributed by atoms with Gasteiger partial charge in [0.15, 0.2) is 5.76 Å². The van der Waals surface area contributed by atoms with Crippen molar-refractivity contribution in [3.05, 3.63) is 81.3 Å². The molecule has 0 unspecified atom stereocenters. The van der Waals surface area contributed by atoms with Crippen LogP contribution >= 0.6 is 27.7 Å². The first kappa shape index (κ1) is 21.7. The fourth-order valence-corrected chi connectivity index (χ4v) is 4.65. The van der Waals surface area contributed by atoms with E-state index in [0.717, 1.165) is 10.0 Å². The first-order valence-corrected chi connectivity index (χ1v) is 12.4. The number of hydrogen-bond donors (Lipinski definition) is 1. The molecule has 3 heterocycles. The lowest BCUT2D eigenvalue weighted by Crippen LogP contribution is -2.60. The molecule has 0 saturated carbocycles. The van der Waals surface area contributed by atoms with Crippen molar-refractivity contribution in [2.75, 3.05) is 11.2 Å². The standard InChI is InChI=1S/C24H19BrN4O3S/c1-3-20(30)28-17-7-5-4-6-16(17)21-22(31)26-24(33-2)27-29(21)23(28)19-13-12-18(32-19)14-8-10-15(25)11-9-14/h4-13,23H,3H2,1-2H3/p+1/t23-/m1/s1. The Morgan fingerprint density at radius 1 is 1.18 bits per heavy atom. The normalized spacial score (nSPS) is 14.6. The number of furan rings is 1. The number of carbonyl (C=O) groups excluding carboxylic acids is 1. The maximum atomic E-state index is 13.2. The van der Waals surface area contributed by atoms with Crippen molar-refractivity contribution in [3.63, 3.8) is 0 Å². The number of hydrogen-bond acceptors (Lipinski definition) is 5. The Morgan fingerprint density at radius 2 is 1.94 bits per heavy atom. The third kappa shape index (κ3) is 3.71. The molecular formula is C24H20BrN4O3S+. The molecule has 33 heavy (non-hydrogen) atoms. The van der Waals surface area contributed by atoms with Gasteiger partial charge in [0.2, 0.25) is 11.1 Å². The summed E-state index contributed by atoms with van der Waals surface area (Å²) in [5, 5.41) is 5.13. The molecule has 5 rings (SSSR count). The Labute approximate surface area is 202 Å². The van der Waals surface area contributed by atoms with E-state index >= 15 is 0 Å². The molecule has 0 radical (unpaired) electrons. The summed E-state index contributed by atoms with van der Waals surface area (Å²) in [6.45, 7) is 1.82. The zero-order valence-corrected chi connectivity index (χ0v) is 20.3. The molecule has 0 fully saturated rings. The van der Waals surface area contributed by atoms with Gasteiger partial charge >= 0.3 is 17.4 Å². The number of aromatic nitrogens is 3. The monoisotopic (exact) mass is 523 g/mol. The number of aromatic amines is 1. The van der Waals surface area contributed by atoms with Crippen LogP contribution in [-0.4, -0.2) is 22.2 Å². The van der Waals surface area contributed by atoms with Gasteiger partial charge in [0.1, 0.15) is 5.76 Å². The van der Waals surface area contributed by atoms with Crippen LogP contribution in [0.4, 0.5) is 5.69 Å². The average Bonchev–Trinajstić information content (AvgIpc) is 3.32. The highest BCUT2D eigenvalue weighted by molar-refractivity contribution is 9.10. The first-order valence-electron chi connectivity index (χ1n) is 10.4. The fraction of sp³-hybridized carbons (Fsp3) is 0.167. The number of amides is 1. The van der Waals surface area contributed by atoms with Gasteiger partial charge in [-0.2, -0.15) is 0 Å². The minimum absolute atomic E-state index is 0.0972. The molecule has 9 heteroatoms. The molecule has 0 bridgehead atoms. The van der Waals surface area contributed by atoms with Crippen LogP contribution < -0.4 is 15.1 Å². The number of carbonyl (C=O) groups is 1. The zero-order chi connectivity index (χ0) is 23.1. The van der Waals surface area contributed by atoms with E-state index in [2.05, 4.69) is 26.0 Å². The maximum Gasteiger partial charge on any atom is 0.325 e. The van der Waals surface area contributed by atoms with Crippen molar-refractivity contribution in [1.82, 2.24) is 10.1 Å². The van der Waals surface area contributed by atoms with Crippen molar-refractivity contribution in [1.29, 1.82) is 0 Å². The van der Waals surface area contributed by atoms with Crippen LogP contribution in [0.15, 0.2) is 79.5 Å². The topological polar surface area (TPSA) is 83.1 Å². The molecule has 0 spiro atoms. The van der Waals surface area contributed by atoms with Gasteiger partial charge in [0.05, 0.1) is 11.3 Å². The van der Waals surface area contributed by atoms with E-state index in [4.69, 9.17) is 4.42 Å². The summed E-state index contributed by atoms with van der Waals surface area (Å²) < 4.78 is 8.84. The number of nitrogens with one attached hydrogen (secondary N) is 1. The van der Waals surface area contributed by atoms with Crippen LogP contribution in [0.25, 0.3) is 22.6 Å². The van der Waals surface area contributed by atoms with Gasteiger partial charge in [-0.05, 0) is 47.3 Å². The van der Waals surface area contributed by atoms with Crippen molar-refractivity contribution in [2.45, 2.75) is 24.7 Å². The predicted octanol–water partition coefficient (Wildman–Crippen LogP) is 4.77. The zero-order valence-electron chi connectivity index (χ0n) is 17.9. The second-order valence-corrected chi connectivity index (χ2v) is 9.18. The fourth-order valence-electron chi connectivity index (χ4n) is 4.02. The molecule has 2 aromatic carbocycles. The minimum Gasteiger partial charge on any atom is -0.452 e. The summed E-state index contributed by atoms with van der Waals surface area (Å²) >= 11 is 4.78. The Kier molecular flexibility index (Phi) is 5.67. The smallest absolute Gasteiger partial charge is 0.325 e. The van der Waals surface area contributed by atoms with E-state index < -0.39 is 6.17 Å². The van der Waals surface area contributed by atoms with E-state index in [1.165, 1.54) is 11.8 Å². The lowest BCUT2D eigenvalue weighted by atomic mass is 10.0. The molecule has 7 nitrogen and oxygen atoms in total. The summed E-state index contributed by atoms with van der Waals surface area (Å²) in [5.74, 6) is 1.08. The molecule has 4 aromatic rings. The van der Waals surface area contributed by atoms with Crippen molar-refractivity contribution in [2.24, 2.45) is 0 Å². The molecule has 1 aliphatic heterocycles. The van der Waals surface area contributed by atoms with Crippen molar-refractivity contribution in [3.8, 4) is 22.6 Å². The summed E-state index contributed by atoms with van der Waals surface area (Å²) in [6.07, 6.45) is 1.39. The number of nitrogens with zero attached hydrogens (tertiary/aromatic N) is 3. The molecule has 0 aliphatic carbocycles. The highest BCUT2D eigenvalue weighted by Crippen LogP contribution is 2.38. The number of H-pyrrole nitrogens is 1. The van der Waals surface area contributed by atoms with Crippen molar-refractivity contribution < 1.29 is 13.9 Å². The van der Waals surface area contributed by atoms with Gasteiger partial charge in [0.25, 0.3) is 0 Å². The molecule has 1 amide bonds. The number of rotatable bonds is 4. The number of benzene rings is 2. The highest BCUT2D eigenvalue weighted by atomic mass is 79.9. The number of para-hydroxylation sites is 1. The van der Waals surface area contributed by atoms with E-state index in [9.17, 15) is 9.59 Å². The SMILES string of the molecule is CCC(=O)N1c2ccccc2-c2c(=O)[nH]c(SC)n[n+]2[C@@H]1c1ccc(-c2ccc(Br)cc2)o1. The molecule has 166 valence electrons. The summed E-state index contributed by atoms with van der Waals surface area (Å²) in [7, 11) is 0. The Morgan fingerprint density at radius 3 is 2.67 bits per heavy atom. The van der Waals surface area contributed by atoms with E-state index in [-0.39, 0.29) is 11.5 Å². The molecule has 1 atom stereocenters. The molecule has 2 aromatic heterocycles. The number of halogens is 1. The van der Waals surface area contributed by atoms with E-state index in [0.29, 0.717) is 40.0 Å². The Balaban J connectivity index is 1.75. The summed E-state index contributed by atoms with van der Waals surface area (Å²) in [5.41, 5.74) is 2.32. The largest absolute Gasteiger partial charge is 0.452 e. The van der Waals surface area contributed by atoms with Crippen LogP contribution in [0.3, 0.4) is 0 Å². The van der Waals surface area contributed by atoms with Crippen LogP contribution in [0.1, 0.15) is 25.3 Å². The summed E-state index contributed by atoms with van der Waals surface area (Å²) in [6, 6.07) is 18.9. The van der Waals surface area contributed by atoms with Crippen LogP contribution in [0.2, 0.25) is 0 Å². The van der Waals surface area contributed by atoms with Crippen LogP contribution in [0, 0.1) is 0 Å². The first-order chi connectivity index (χ1) is 16.0. The quantitative estimate of drug-likeness (QED) is 0.307. The summed E-state index contributed by atoms with van der Waals surface area (Å²) in [4.78, 5) is 30.8. The van der Waals surface area contributed by atoms with Crippen molar-refractivity contribution >= 4 is 39.3 Å². The molecule has 0 saturated heterocycles. The second-order valence-electron chi connectivity index (χ2n) is 7.47. The van der Waals surface area contributed by atoms with Gasteiger partial charge in [-0.1, -0.05) is 58.9 Å². The minimum atomic E-state index is -0.736. The second kappa shape index (κ2) is 8.64. The predicted molar refractivity (Wildman–Crippen MR) is 130 cm³/mol. The van der Waals surface area contributed by atoms with Gasteiger partial charge in [-0.25, -0.2) is 4.90 Å². The van der Waals surface area contributed by atoms with Gasteiger partial charge in [-0.15, -0.1) is 0 Å².